The van der Waals surface area contributed by atoms with Gasteiger partial charge in [-0.15, -0.1) is 0 Å². The van der Waals surface area contributed by atoms with Crippen molar-refractivity contribution >= 4 is 21.6 Å². The molecule has 1 heterocycles. The van der Waals surface area contributed by atoms with E-state index in [4.69, 9.17) is 9.47 Å². The summed E-state index contributed by atoms with van der Waals surface area (Å²) in [7, 11) is -3.64. The van der Waals surface area contributed by atoms with Gasteiger partial charge in [-0.05, 0) is 51.8 Å². The number of hydrogen-bond donors (Lipinski definition) is 2. The number of nitrogens with one attached hydrogen (secondary N) is 1. The Hall–Kier alpha value is -2.47. The number of aliphatic hydroxyl groups is 1. The van der Waals surface area contributed by atoms with Gasteiger partial charge in [0.25, 0.3) is 0 Å². The van der Waals surface area contributed by atoms with Crippen LogP contribution in [0.15, 0.2) is 12.1 Å². The number of sulfone groups is 1. The molecule has 10 nitrogen and oxygen atoms in total. The van der Waals surface area contributed by atoms with E-state index in [0.717, 1.165) is 6.07 Å². The van der Waals surface area contributed by atoms with Crippen LogP contribution in [0.3, 0.4) is 0 Å². The van der Waals surface area contributed by atoms with Crippen LogP contribution in [0.4, 0.5) is 14.9 Å². The lowest BCUT2D eigenvalue weighted by Gasteiger charge is -2.35. The molecule has 2 N–H and O–H groups in total. The molecule has 1 aliphatic rings. The van der Waals surface area contributed by atoms with Gasteiger partial charge in [0.2, 0.25) is 11.6 Å². The molecule has 0 saturated carbocycles. The molecular weight excluding hydrogens is 435 g/mol. The van der Waals surface area contributed by atoms with Crippen molar-refractivity contribution in [3.05, 3.63) is 33.6 Å². The number of amides is 1. The Morgan fingerprint density at radius 1 is 1.35 bits per heavy atom. The molecule has 31 heavy (non-hydrogen) atoms. The first-order chi connectivity index (χ1) is 14.2. The fraction of sp³-hybridized carbons (Fsp3) is 0.632. The summed E-state index contributed by atoms with van der Waals surface area (Å²) in [6.45, 7) is 6.57. The second-order valence-electron chi connectivity index (χ2n) is 8.40. The normalized spacial score (nSPS) is 23.1. The molecule has 1 aromatic rings. The highest BCUT2D eigenvalue weighted by Gasteiger charge is 2.41. The van der Waals surface area contributed by atoms with E-state index in [1.165, 1.54) is 6.07 Å². The van der Waals surface area contributed by atoms with E-state index in [2.05, 4.69) is 5.32 Å². The number of nitro benzene ring substituents is 1. The lowest BCUT2D eigenvalue weighted by Crippen LogP contribution is -2.56. The van der Waals surface area contributed by atoms with Gasteiger partial charge in [0.1, 0.15) is 5.60 Å². The Morgan fingerprint density at radius 2 is 2.00 bits per heavy atom. The van der Waals surface area contributed by atoms with Gasteiger partial charge in [0.15, 0.2) is 9.84 Å². The van der Waals surface area contributed by atoms with Crippen molar-refractivity contribution in [3.63, 3.8) is 0 Å². The number of rotatable bonds is 6. The molecule has 0 radical (unpaired) electrons. The largest absolute Gasteiger partial charge is 0.487 e. The van der Waals surface area contributed by atoms with Crippen LogP contribution in [0, 0.1) is 21.8 Å². The summed E-state index contributed by atoms with van der Waals surface area (Å²) in [6, 6.07) is 1.06. The second-order valence-corrected chi connectivity index (χ2v) is 10.6. The maximum Gasteiger partial charge on any atom is 0.407 e. The lowest BCUT2D eigenvalue weighted by atomic mass is 9.91. The minimum Gasteiger partial charge on any atom is -0.487 e. The highest BCUT2D eigenvalue weighted by atomic mass is 32.2. The van der Waals surface area contributed by atoms with Crippen LogP contribution in [0.2, 0.25) is 0 Å². The van der Waals surface area contributed by atoms with Gasteiger partial charge < -0.3 is 19.9 Å². The van der Waals surface area contributed by atoms with Crippen LogP contribution in [-0.2, 0) is 21.0 Å². The second kappa shape index (κ2) is 9.35. The van der Waals surface area contributed by atoms with Gasteiger partial charge in [-0.3, -0.25) is 10.1 Å². The van der Waals surface area contributed by atoms with Crippen molar-refractivity contribution in [2.24, 2.45) is 5.92 Å². The number of carbonyl (C=O) groups is 1. The SMILES string of the molecule is CCOc1cc(CC2CS(=O)(=O)CC(NC(=O)OC(C)(C)C)C2O)cc(F)c1[N+](=O)[O-]. The van der Waals surface area contributed by atoms with Crippen LogP contribution >= 0.6 is 0 Å². The Labute approximate surface area is 179 Å². The molecule has 3 atom stereocenters. The van der Waals surface area contributed by atoms with E-state index < -0.39 is 61.8 Å². The number of benzene rings is 1. The topological polar surface area (TPSA) is 145 Å². The minimum absolute atomic E-state index is 0.0616. The molecule has 2 rings (SSSR count). The van der Waals surface area contributed by atoms with Gasteiger partial charge >= 0.3 is 11.8 Å². The van der Waals surface area contributed by atoms with E-state index in [-0.39, 0.29) is 30.1 Å². The minimum atomic E-state index is -3.64. The summed E-state index contributed by atoms with van der Waals surface area (Å²) in [5.74, 6) is -3.14. The Balaban J connectivity index is 2.27. The summed E-state index contributed by atoms with van der Waals surface area (Å²) >= 11 is 0. The summed E-state index contributed by atoms with van der Waals surface area (Å²) in [5, 5.41) is 24.2. The molecule has 174 valence electrons. The van der Waals surface area contributed by atoms with Crippen molar-refractivity contribution in [1.29, 1.82) is 0 Å². The highest BCUT2D eigenvalue weighted by Crippen LogP contribution is 2.33. The van der Waals surface area contributed by atoms with Crippen molar-refractivity contribution in [1.82, 2.24) is 5.32 Å². The summed E-state index contributed by atoms with van der Waals surface area (Å²) in [4.78, 5) is 22.3. The van der Waals surface area contributed by atoms with E-state index in [0.29, 0.717) is 0 Å². The fourth-order valence-electron chi connectivity index (χ4n) is 3.45. The molecule has 0 bridgehead atoms. The lowest BCUT2D eigenvalue weighted by molar-refractivity contribution is -0.388. The summed E-state index contributed by atoms with van der Waals surface area (Å²) < 4.78 is 49.3. The van der Waals surface area contributed by atoms with E-state index in [1.54, 1.807) is 27.7 Å². The molecule has 0 spiro atoms. The first kappa shape index (κ1) is 24.8. The number of alkyl carbamates (subject to hydrolysis) is 1. The van der Waals surface area contributed by atoms with Crippen LogP contribution in [-0.4, -0.2) is 60.4 Å². The fourth-order valence-corrected chi connectivity index (χ4v) is 5.38. The number of hydrogen-bond acceptors (Lipinski definition) is 8. The molecular formula is C19H27FN2O8S. The van der Waals surface area contributed by atoms with Gasteiger partial charge in [-0.1, -0.05) is 0 Å². The van der Waals surface area contributed by atoms with Crippen molar-refractivity contribution in [2.75, 3.05) is 18.1 Å². The number of carbonyl (C=O) groups excluding carboxylic acids is 1. The van der Waals surface area contributed by atoms with E-state index in [1.807, 2.05) is 0 Å². The summed E-state index contributed by atoms with van der Waals surface area (Å²) in [6.07, 6.45) is -2.22. The molecule has 12 heteroatoms. The Bertz CT molecular complexity index is 945. The number of nitro groups is 1. The number of halogens is 1. The average molecular weight is 462 g/mol. The molecule has 3 unspecified atom stereocenters. The highest BCUT2D eigenvalue weighted by molar-refractivity contribution is 7.91. The molecule has 1 amide bonds. The average Bonchev–Trinajstić information content (AvgIpc) is 2.56. The third-order valence-corrected chi connectivity index (χ3v) is 6.37. The molecule has 0 aromatic heterocycles. The Kier molecular flexibility index (Phi) is 7.48. The zero-order chi connectivity index (χ0) is 23.6. The molecule has 1 aromatic carbocycles. The van der Waals surface area contributed by atoms with Crippen molar-refractivity contribution in [3.8, 4) is 5.75 Å². The van der Waals surface area contributed by atoms with Gasteiger partial charge in [0, 0.05) is 5.92 Å². The zero-order valence-corrected chi connectivity index (χ0v) is 18.6. The van der Waals surface area contributed by atoms with Gasteiger partial charge in [-0.2, -0.15) is 4.39 Å². The standard InChI is InChI=1S/C19H27FN2O8S/c1-5-29-15-8-11(7-13(20)16(15)22(25)26)6-12-9-31(27,28)10-14(17(12)23)21-18(24)30-19(2,3)4/h7-8,12,14,17,23H,5-6,9-10H2,1-4H3,(H,21,24). The third-order valence-electron chi connectivity index (χ3n) is 4.57. The smallest absolute Gasteiger partial charge is 0.407 e. The van der Waals surface area contributed by atoms with Gasteiger partial charge in [-0.25, -0.2) is 13.2 Å². The van der Waals surface area contributed by atoms with Gasteiger partial charge in [0.05, 0.1) is 35.2 Å². The van der Waals surface area contributed by atoms with Crippen LogP contribution < -0.4 is 10.1 Å². The predicted molar refractivity (Wildman–Crippen MR) is 109 cm³/mol. The van der Waals surface area contributed by atoms with Crippen molar-refractivity contribution in [2.45, 2.75) is 51.9 Å². The molecule has 1 aliphatic heterocycles. The number of nitrogens with zero attached hydrogens (tertiary/aromatic N) is 1. The first-order valence-corrected chi connectivity index (χ1v) is 11.5. The van der Waals surface area contributed by atoms with Crippen LogP contribution in [0.5, 0.6) is 5.75 Å². The Morgan fingerprint density at radius 3 is 2.55 bits per heavy atom. The van der Waals surface area contributed by atoms with E-state index >= 15 is 0 Å². The monoisotopic (exact) mass is 462 g/mol. The number of aliphatic hydroxyl groups excluding tert-OH is 1. The van der Waals surface area contributed by atoms with Crippen LogP contribution in [0.1, 0.15) is 33.3 Å². The van der Waals surface area contributed by atoms with E-state index in [9.17, 15) is 32.8 Å². The molecule has 1 saturated heterocycles. The predicted octanol–water partition coefficient (Wildman–Crippen LogP) is 1.97. The number of ether oxygens (including phenoxy) is 2. The molecule has 0 aliphatic carbocycles. The van der Waals surface area contributed by atoms with Crippen molar-refractivity contribution < 1.29 is 37.1 Å². The first-order valence-electron chi connectivity index (χ1n) is 9.70. The maximum absolute atomic E-state index is 14.3. The third kappa shape index (κ3) is 6.76. The quantitative estimate of drug-likeness (QED) is 0.482. The van der Waals surface area contributed by atoms with Crippen LogP contribution in [0.25, 0.3) is 0 Å². The summed E-state index contributed by atoms with van der Waals surface area (Å²) in [5.41, 5.74) is -1.40. The zero-order valence-electron chi connectivity index (χ0n) is 17.8. The molecule has 1 fully saturated rings. The maximum atomic E-state index is 14.3.